The van der Waals surface area contributed by atoms with Crippen molar-refractivity contribution in [2.45, 2.75) is 214 Å². The summed E-state index contributed by atoms with van der Waals surface area (Å²) in [6.45, 7) is 42.6. The van der Waals surface area contributed by atoms with Crippen LogP contribution in [0.5, 0.6) is 0 Å². The molecule has 11 atom stereocenters. The minimum atomic E-state index is -2.17. The topological polar surface area (TPSA) is 74.2 Å². The smallest absolute Gasteiger partial charge is 0.331 e. The molecule has 0 saturated heterocycles. The molecule has 0 radical (unpaired) electrons. The van der Waals surface area contributed by atoms with Crippen molar-refractivity contribution in [2.75, 3.05) is 0 Å². The van der Waals surface area contributed by atoms with Crippen LogP contribution in [0.25, 0.3) is 0 Å². The molecule has 0 fully saturated rings. The van der Waals surface area contributed by atoms with Gasteiger partial charge in [0.1, 0.15) is 6.10 Å². The Hall–Kier alpha value is -1.34. The highest BCUT2D eigenvalue weighted by Gasteiger charge is 2.42. The van der Waals surface area contributed by atoms with Gasteiger partial charge in [-0.15, -0.1) is 0 Å². The first-order chi connectivity index (χ1) is 27.5. The molecule has 6 nitrogen and oxygen atoms in total. The molecule has 0 spiro atoms. The molecule has 1 aliphatic rings. The summed E-state index contributed by atoms with van der Waals surface area (Å²) in [5.41, 5.74) is 0. The second-order valence-electron chi connectivity index (χ2n) is 19.9. The van der Waals surface area contributed by atoms with Crippen LogP contribution in [0.3, 0.4) is 0 Å². The molecule has 0 bridgehead atoms. The third-order valence-corrected chi connectivity index (χ3v) is 28.4. The van der Waals surface area contributed by atoms with E-state index < -0.39 is 31.1 Å². The van der Waals surface area contributed by atoms with Crippen LogP contribution >= 0.6 is 0 Å². The van der Waals surface area contributed by atoms with Crippen molar-refractivity contribution >= 4 is 30.9 Å². The van der Waals surface area contributed by atoms with Gasteiger partial charge in [0.2, 0.25) is 0 Å². The molecule has 0 saturated carbocycles. The zero-order chi connectivity index (χ0) is 45.2. The summed E-state index contributed by atoms with van der Waals surface area (Å²) in [5.74, 6) is 0.515. The summed E-state index contributed by atoms with van der Waals surface area (Å²) < 4.78 is 28.2. The fourth-order valence-electron chi connectivity index (χ4n) is 8.71. The number of esters is 1. The Labute approximate surface area is 368 Å². The monoisotopic (exact) mass is 875 g/mol. The number of aliphatic hydroxyl groups is 1. The zero-order valence-electron chi connectivity index (χ0n) is 41.3. The predicted molar refractivity (Wildman–Crippen MR) is 262 cm³/mol. The summed E-state index contributed by atoms with van der Waals surface area (Å²) in [6.07, 6.45) is 19.7. The normalized spacial score (nSPS) is 31.7. The fourth-order valence-corrected chi connectivity index (χ4v) is 16.1. The van der Waals surface area contributed by atoms with Gasteiger partial charge in [-0.25, -0.2) is 4.79 Å². The number of aliphatic hydroxyl groups excluding tert-OH is 1. The van der Waals surface area contributed by atoms with Crippen LogP contribution in [0.15, 0.2) is 61.3 Å². The molecule has 1 rings (SSSR count). The summed E-state index contributed by atoms with van der Waals surface area (Å²) >= 11 is 0. The number of hydrogen-bond acceptors (Lipinski definition) is 6. The molecule has 0 amide bonds. The van der Waals surface area contributed by atoms with Gasteiger partial charge >= 0.3 is 5.97 Å². The van der Waals surface area contributed by atoms with Crippen LogP contribution in [0.2, 0.25) is 54.4 Å². The highest BCUT2D eigenvalue weighted by Crippen LogP contribution is 2.40. The number of ether oxygens (including phenoxy) is 1. The summed E-state index contributed by atoms with van der Waals surface area (Å²) in [7, 11) is -6.10. The minimum absolute atomic E-state index is 0.000804. The molecular formula is C50H94O6Si3. The van der Waals surface area contributed by atoms with Crippen LogP contribution in [0.1, 0.15) is 130 Å². The standard InChI is InChI=1S/C50H94O6Si3/c1-19-26-29-40(10)49-43(13)45(55-58(20-2,21-3)22-4)35-32-38(8)36-42(12)48(56-59(23-5,24-6)25-7)41(11)33-34-44(51)37-46(54-57(17,18)50(14,15)16)39(9)30-27-28-31-47(52)53-49/h19,26-31,33-34,38-46,48-49,51H,1,20-25,32,35-37H2,2-18H3/b29-26-,30-27+,31-28-,34-33-/t38-,39+,40-,41-,42-,43-,44+,45+,46-,48-,49-/m0/s1. The predicted octanol–water partition coefficient (Wildman–Crippen LogP) is 14.2. The van der Waals surface area contributed by atoms with Gasteiger partial charge in [0.15, 0.2) is 25.0 Å². The number of cyclic esters (lactones) is 1. The van der Waals surface area contributed by atoms with Crippen LogP contribution in [0, 0.1) is 35.5 Å². The van der Waals surface area contributed by atoms with E-state index in [2.05, 4.69) is 142 Å². The average Bonchev–Trinajstić information content (AvgIpc) is 3.19. The zero-order valence-corrected chi connectivity index (χ0v) is 44.3. The average molecular weight is 876 g/mol. The summed E-state index contributed by atoms with van der Waals surface area (Å²) in [5, 5.41) is 11.7. The molecule has 1 N–H and O–H groups in total. The lowest BCUT2D eigenvalue weighted by Gasteiger charge is -2.41. The second-order valence-corrected chi connectivity index (χ2v) is 34.1. The Balaban J connectivity index is 3.93. The quantitative estimate of drug-likeness (QED) is 0.0765. The number of carbonyl (C=O) groups is 1. The van der Waals surface area contributed by atoms with Gasteiger partial charge in [-0.05, 0) is 97.3 Å². The van der Waals surface area contributed by atoms with Gasteiger partial charge in [0.05, 0.1) is 24.4 Å². The Morgan fingerprint density at radius 3 is 1.88 bits per heavy atom. The van der Waals surface area contributed by atoms with Crippen molar-refractivity contribution in [1.29, 1.82) is 0 Å². The molecular weight excluding hydrogens is 781 g/mol. The van der Waals surface area contributed by atoms with E-state index in [1.54, 1.807) is 12.2 Å². The molecule has 0 aliphatic carbocycles. The molecule has 59 heavy (non-hydrogen) atoms. The van der Waals surface area contributed by atoms with E-state index >= 15 is 0 Å². The van der Waals surface area contributed by atoms with E-state index in [0.717, 1.165) is 55.5 Å². The fraction of sp³-hybridized carbons (Fsp3) is 0.780. The van der Waals surface area contributed by atoms with E-state index in [1.807, 2.05) is 18.2 Å². The molecule has 0 aromatic carbocycles. The second kappa shape index (κ2) is 26.3. The van der Waals surface area contributed by atoms with Crippen molar-refractivity contribution in [3.05, 3.63) is 61.3 Å². The van der Waals surface area contributed by atoms with Crippen molar-refractivity contribution in [1.82, 2.24) is 0 Å². The van der Waals surface area contributed by atoms with Crippen molar-refractivity contribution < 1.29 is 27.9 Å². The number of carbonyl (C=O) groups excluding carboxylic acids is 1. The van der Waals surface area contributed by atoms with Crippen LogP contribution in [0.4, 0.5) is 0 Å². The first-order valence-corrected chi connectivity index (χ1v) is 31.7. The van der Waals surface area contributed by atoms with Gasteiger partial charge in [-0.1, -0.05) is 159 Å². The summed E-state index contributed by atoms with van der Waals surface area (Å²) in [6, 6.07) is 6.51. The van der Waals surface area contributed by atoms with E-state index in [4.69, 9.17) is 18.0 Å². The lowest BCUT2D eigenvalue weighted by molar-refractivity contribution is -0.150. The lowest BCUT2D eigenvalue weighted by atomic mass is 9.82. The van der Waals surface area contributed by atoms with Crippen molar-refractivity contribution in [2.24, 2.45) is 35.5 Å². The number of allylic oxidation sites excluding steroid dienone is 4. The maximum Gasteiger partial charge on any atom is 0.331 e. The Bertz CT molecular complexity index is 1310. The van der Waals surface area contributed by atoms with E-state index in [-0.39, 0.29) is 59.1 Å². The first kappa shape index (κ1) is 55.7. The van der Waals surface area contributed by atoms with Crippen LogP contribution in [-0.2, 0) is 22.8 Å². The van der Waals surface area contributed by atoms with Crippen molar-refractivity contribution in [3.63, 3.8) is 0 Å². The third-order valence-electron chi connectivity index (χ3n) is 14.6. The molecule has 1 heterocycles. The largest absolute Gasteiger partial charge is 0.458 e. The Kier molecular flexibility index (Phi) is 24.8. The maximum atomic E-state index is 13.6. The van der Waals surface area contributed by atoms with E-state index in [1.165, 1.54) is 6.08 Å². The number of rotatable bonds is 15. The van der Waals surface area contributed by atoms with Gasteiger partial charge in [0, 0.05) is 24.3 Å². The number of hydrogen-bond donors (Lipinski definition) is 1. The van der Waals surface area contributed by atoms with Gasteiger partial charge < -0.3 is 23.1 Å². The molecule has 0 unspecified atom stereocenters. The lowest BCUT2D eigenvalue weighted by Crippen LogP contribution is -2.46. The first-order valence-electron chi connectivity index (χ1n) is 23.8. The molecule has 9 heteroatoms. The van der Waals surface area contributed by atoms with Gasteiger partial charge in [-0.2, -0.15) is 0 Å². The van der Waals surface area contributed by atoms with Gasteiger partial charge in [0.25, 0.3) is 0 Å². The third kappa shape index (κ3) is 17.7. The van der Waals surface area contributed by atoms with E-state index in [9.17, 15) is 9.90 Å². The van der Waals surface area contributed by atoms with Crippen LogP contribution in [-0.4, -0.2) is 66.5 Å². The molecule has 0 aromatic rings. The Morgan fingerprint density at radius 1 is 0.797 bits per heavy atom. The Morgan fingerprint density at radius 2 is 1.36 bits per heavy atom. The maximum absolute atomic E-state index is 13.6. The SMILES string of the molecule is C=C/C=C\[C@H](C)[C@@H]1OC(=O)/C=C\C=C\[C@@H](C)[C@@H](O[Si](C)(C)C(C)(C)C)C[C@H](O)/C=C\[C@H](C)[C@H](O[Si](CC)(CC)CC)[C@@H](C)C[C@@H](C)CC[C@@H](O[Si](CC)(CC)CC)[C@@H]1C. The van der Waals surface area contributed by atoms with Crippen LogP contribution < -0.4 is 0 Å². The summed E-state index contributed by atoms with van der Waals surface area (Å²) in [4.78, 5) is 13.6. The van der Waals surface area contributed by atoms with Crippen molar-refractivity contribution in [3.8, 4) is 0 Å². The minimum Gasteiger partial charge on any atom is -0.458 e. The highest BCUT2D eigenvalue weighted by molar-refractivity contribution is 6.74. The highest BCUT2D eigenvalue weighted by atomic mass is 28.4. The molecule has 0 aromatic heterocycles. The molecule has 342 valence electrons. The van der Waals surface area contributed by atoms with E-state index in [0.29, 0.717) is 18.3 Å². The van der Waals surface area contributed by atoms with Gasteiger partial charge in [-0.3, -0.25) is 0 Å². The molecule has 1 aliphatic heterocycles.